The van der Waals surface area contributed by atoms with Gasteiger partial charge in [-0.2, -0.15) is 0 Å². The second kappa shape index (κ2) is 6.49. The number of hydrogen-bond donors (Lipinski definition) is 2. The molecule has 0 atom stereocenters. The van der Waals surface area contributed by atoms with Crippen molar-refractivity contribution in [3.8, 4) is 0 Å². The summed E-state index contributed by atoms with van der Waals surface area (Å²) in [7, 11) is -2.09. The van der Waals surface area contributed by atoms with E-state index >= 15 is 0 Å². The molecular formula is C10H16N2O3Si. The molecule has 1 heterocycles. The normalized spacial score (nSPS) is 12.2. The number of nitrogens with zero attached hydrogens (tertiary/aromatic N) is 2. The van der Waals surface area contributed by atoms with Crippen LogP contribution < -0.4 is 0 Å². The van der Waals surface area contributed by atoms with E-state index in [-0.39, 0.29) is 6.04 Å². The van der Waals surface area contributed by atoms with Crippen molar-refractivity contribution in [2.24, 2.45) is 4.99 Å². The molecule has 16 heavy (non-hydrogen) atoms. The van der Waals surface area contributed by atoms with Crippen LogP contribution in [0.15, 0.2) is 29.4 Å². The van der Waals surface area contributed by atoms with E-state index in [0.717, 1.165) is 5.69 Å². The zero-order chi connectivity index (χ0) is 11.9. The predicted molar refractivity (Wildman–Crippen MR) is 63.3 cm³/mol. The highest BCUT2D eigenvalue weighted by Gasteiger charge is 2.29. The van der Waals surface area contributed by atoms with Crippen molar-refractivity contribution in [1.29, 1.82) is 0 Å². The number of aromatic nitrogens is 1. The van der Waals surface area contributed by atoms with E-state index in [0.29, 0.717) is 13.0 Å². The summed E-state index contributed by atoms with van der Waals surface area (Å²) in [4.78, 5) is 26.7. The van der Waals surface area contributed by atoms with Crippen LogP contribution in [0.4, 0.5) is 0 Å². The van der Waals surface area contributed by atoms with E-state index in [1.54, 1.807) is 12.4 Å². The molecule has 0 unspecified atom stereocenters. The van der Waals surface area contributed by atoms with Crippen molar-refractivity contribution in [2.45, 2.75) is 12.5 Å². The molecule has 5 nitrogen and oxygen atoms in total. The molecule has 0 amide bonds. The summed E-state index contributed by atoms with van der Waals surface area (Å²) in [6.45, 7) is 0.538. The van der Waals surface area contributed by atoms with E-state index in [4.69, 9.17) is 0 Å². The summed E-state index contributed by atoms with van der Waals surface area (Å²) < 4.78 is 4.59. The Labute approximate surface area is 95.8 Å². The molecule has 88 valence electrons. The van der Waals surface area contributed by atoms with Gasteiger partial charge in [-0.15, -0.1) is 0 Å². The molecule has 0 fully saturated rings. The van der Waals surface area contributed by atoms with Crippen LogP contribution in [0.5, 0.6) is 0 Å². The van der Waals surface area contributed by atoms with Crippen molar-refractivity contribution >= 4 is 15.0 Å². The van der Waals surface area contributed by atoms with E-state index in [1.165, 1.54) is 7.11 Å². The quantitative estimate of drug-likeness (QED) is 0.430. The SMILES string of the molecule is CO[Si](O)(O)CCCN=Cc1ccccn1. The fourth-order valence-corrected chi connectivity index (χ4v) is 1.94. The molecule has 0 aliphatic rings. The molecule has 0 saturated carbocycles. The first-order chi connectivity index (χ1) is 7.64. The van der Waals surface area contributed by atoms with Crippen LogP contribution in [0.3, 0.4) is 0 Å². The largest absolute Gasteiger partial charge is 0.495 e. The number of hydrogen-bond acceptors (Lipinski definition) is 5. The molecule has 0 aromatic carbocycles. The van der Waals surface area contributed by atoms with Crippen LogP contribution in [-0.2, 0) is 4.43 Å². The second-order valence-electron chi connectivity index (χ2n) is 3.34. The Morgan fingerprint density at radius 2 is 2.31 bits per heavy atom. The van der Waals surface area contributed by atoms with E-state index < -0.39 is 8.80 Å². The van der Waals surface area contributed by atoms with Gasteiger partial charge in [0.1, 0.15) is 0 Å². The van der Waals surface area contributed by atoms with Crippen LogP contribution >= 0.6 is 0 Å². The highest BCUT2D eigenvalue weighted by Crippen LogP contribution is 2.05. The topological polar surface area (TPSA) is 74.9 Å². The van der Waals surface area contributed by atoms with Crippen molar-refractivity contribution in [1.82, 2.24) is 4.98 Å². The number of rotatable bonds is 6. The summed E-state index contributed by atoms with van der Waals surface area (Å²) in [6, 6.07) is 5.85. The fourth-order valence-electron chi connectivity index (χ4n) is 1.11. The van der Waals surface area contributed by atoms with E-state index in [1.807, 2.05) is 18.2 Å². The van der Waals surface area contributed by atoms with Gasteiger partial charge < -0.3 is 14.0 Å². The minimum atomic E-state index is -3.40. The highest BCUT2D eigenvalue weighted by atomic mass is 28.4. The lowest BCUT2D eigenvalue weighted by atomic mass is 10.4. The van der Waals surface area contributed by atoms with Gasteiger partial charge in [-0.25, -0.2) is 0 Å². The Balaban J connectivity index is 2.24. The van der Waals surface area contributed by atoms with Crippen LogP contribution in [-0.4, -0.2) is 43.2 Å². The summed E-state index contributed by atoms with van der Waals surface area (Å²) in [5.41, 5.74) is 0.797. The maximum absolute atomic E-state index is 9.25. The van der Waals surface area contributed by atoms with E-state index in [2.05, 4.69) is 14.4 Å². The van der Waals surface area contributed by atoms with Gasteiger partial charge in [0.05, 0.1) is 5.69 Å². The first-order valence-electron chi connectivity index (χ1n) is 5.05. The first-order valence-corrected chi connectivity index (χ1v) is 7.06. The Hall–Kier alpha value is -1.08. The average molecular weight is 240 g/mol. The Morgan fingerprint density at radius 3 is 2.94 bits per heavy atom. The summed E-state index contributed by atoms with van der Waals surface area (Å²) >= 11 is 0. The smallest absolute Gasteiger partial charge is 0.390 e. The maximum Gasteiger partial charge on any atom is 0.495 e. The third-order valence-corrected chi connectivity index (χ3v) is 3.69. The lowest BCUT2D eigenvalue weighted by Crippen LogP contribution is -2.37. The van der Waals surface area contributed by atoms with Crippen molar-refractivity contribution < 1.29 is 14.0 Å². The minimum absolute atomic E-state index is 0.267. The predicted octanol–water partition coefficient (Wildman–Crippen LogP) is 0.460. The highest BCUT2D eigenvalue weighted by molar-refractivity contribution is 6.57. The monoisotopic (exact) mass is 240 g/mol. The molecule has 0 aliphatic heterocycles. The first kappa shape index (κ1) is 13.0. The molecule has 1 aromatic heterocycles. The van der Waals surface area contributed by atoms with Gasteiger partial charge in [0.15, 0.2) is 0 Å². The van der Waals surface area contributed by atoms with Gasteiger partial charge in [-0.05, 0) is 18.6 Å². The van der Waals surface area contributed by atoms with Gasteiger partial charge >= 0.3 is 8.80 Å². The molecule has 0 saturated heterocycles. The van der Waals surface area contributed by atoms with Gasteiger partial charge in [-0.1, -0.05) is 6.07 Å². The van der Waals surface area contributed by atoms with Crippen molar-refractivity contribution in [2.75, 3.05) is 13.7 Å². The molecule has 2 N–H and O–H groups in total. The number of pyridine rings is 1. The van der Waals surface area contributed by atoms with Crippen LogP contribution in [0.2, 0.25) is 6.04 Å². The zero-order valence-corrected chi connectivity index (χ0v) is 10.2. The summed E-state index contributed by atoms with van der Waals surface area (Å²) in [5, 5.41) is 0. The van der Waals surface area contributed by atoms with Crippen LogP contribution in [0.1, 0.15) is 12.1 Å². The molecular weight excluding hydrogens is 224 g/mol. The third-order valence-electron chi connectivity index (χ3n) is 2.03. The maximum atomic E-state index is 9.25. The van der Waals surface area contributed by atoms with Crippen molar-refractivity contribution in [3.05, 3.63) is 30.1 Å². The van der Waals surface area contributed by atoms with Gasteiger partial charge in [-0.3, -0.25) is 9.98 Å². The minimum Gasteiger partial charge on any atom is -0.390 e. The van der Waals surface area contributed by atoms with Crippen LogP contribution in [0.25, 0.3) is 0 Å². The molecule has 1 aromatic rings. The van der Waals surface area contributed by atoms with Gasteiger partial charge in [0.2, 0.25) is 0 Å². The van der Waals surface area contributed by atoms with Crippen molar-refractivity contribution in [3.63, 3.8) is 0 Å². The van der Waals surface area contributed by atoms with E-state index in [9.17, 15) is 9.59 Å². The van der Waals surface area contributed by atoms with Crippen LogP contribution in [0, 0.1) is 0 Å². The summed E-state index contributed by atoms with van der Waals surface area (Å²) in [6.07, 6.45) is 3.97. The molecule has 0 aliphatic carbocycles. The summed E-state index contributed by atoms with van der Waals surface area (Å²) in [5.74, 6) is 0. The molecule has 0 bridgehead atoms. The lowest BCUT2D eigenvalue weighted by molar-refractivity contribution is 0.184. The Morgan fingerprint density at radius 1 is 1.50 bits per heavy atom. The number of aliphatic imine (C=N–C) groups is 1. The Kier molecular flexibility index (Phi) is 5.27. The van der Waals surface area contributed by atoms with Gasteiger partial charge in [0.25, 0.3) is 0 Å². The molecule has 6 heteroatoms. The second-order valence-corrected chi connectivity index (χ2v) is 5.74. The standard InChI is InChI=1S/C10H16N2O3Si/c1-15-16(13,14)8-4-6-11-9-10-5-2-3-7-12-10/h2-3,5,7,9,13-14H,4,6,8H2,1H3. The molecule has 1 rings (SSSR count). The fraction of sp³-hybridized carbons (Fsp3) is 0.400. The Bertz CT molecular complexity index is 330. The lowest BCUT2D eigenvalue weighted by Gasteiger charge is -2.13. The molecule has 0 radical (unpaired) electrons. The zero-order valence-electron chi connectivity index (χ0n) is 9.21. The average Bonchev–Trinajstić information content (AvgIpc) is 2.30. The van der Waals surface area contributed by atoms with Gasteiger partial charge in [0, 0.05) is 32.1 Å². The molecule has 0 spiro atoms. The third kappa shape index (κ3) is 5.13.